The first-order valence-corrected chi connectivity index (χ1v) is 15.3. The van der Waals surface area contributed by atoms with Crippen molar-refractivity contribution in [3.63, 3.8) is 0 Å². The van der Waals surface area contributed by atoms with Gasteiger partial charge in [-0.1, -0.05) is 79.5 Å². The molecule has 0 bridgehead atoms. The number of nitrogens with one attached hydrogen (secondary N) is 1. The van der Waals surface area contributed by atoms with Gasteiger partial charge in [-0.15, -0.1) is 0 Å². The van der Waals surface area contributed by atoms with Gasteiger partial charge in [-0.05, 0) is 69.0 Å². The van der Waals surface area contributed by atoms with E-state index in [0.29, 0.717) is 11.4 Å². The monoisotopic (exact) mass is 583 g/mol. The van der Waals surface area contributed by atoms with Crippen LogP contribution in [0.1, 0.15) is 50.3 Å². The van der Waals surface area contributed by atoms with E-state index in [-0.39, 0.29) is 29.1 Å². The second kappa shape index (κ2) is 13.8. The summed E-state index contributed by atoms with van der Waals surface area (Å²) in [6, 6.07) is 19.9. The fourth-order valence-electron chi connectivity index (χ4n) is 4.24. The predicted octanol–water partition coefficient (Wildman–Crippen LogP) is 5.87. The van der Waals surface area contributed by atoms with Crippen molar-refractivity contribution < 1.29 is 18.0 Å². The van der Waals surface area contributed by atoms with Crippen LogP contribution in [0, 0.1) is 13.8 Å². The van der Waals surface area contributed by atoms with Crippen molar-refractivity contribution in [2.45, 2.75) is 71.0 Å². The maximum absolute atomic E-state index is 14.1. The van der Waals surface area contributed by atoms with Gasteiger partial charge in [0.05, 0.1) is 10.6 Å². The van der Waals surface area contributed by atoms with Crippen LogP contribution < -0.4 is 9.62 Å². The van der Waals surface area contributed by atoms with E-state index in [1.807, 2.05) is 65.0 Å². The zero-order valence-corrected chi connectivity index (χ0v) is 25.3. The van der Waals surface area contributed by atoms with Gasteiger partial charge in [-0.2, -0.15) is 0 Å². The molecule has 2 atom stereocenters. The van der Waals surface area contributed by atoms with Gasteiger partial charge >= 0.3 is 0 Å². The molecule has 0 aliphatic rings. The van der Waals surface area contributed by atoms with Crippen LogP contribution in [-0.2, 0) is 26.2 Å². The lowest BCUT2D eigenvalue weighted by Crippen LogP contribution is -2.53. The van der Waals surface area contributed by atoms with Crippen LogP contribution in [0.15, 0.2) is 77.7 Å². The molecular weight excluding hydrogens is 546 g/mol. The maximum atomic E-state index is 14.1. The van der Waals surface area contributed by atoms with Crippen LogP contribution in [0.4, 0.5) is 5.69 Å². The molecule has 0 spiro atoms. The van der Waals surface area contributed by atoms with Crippen molar-refractivity contribution in [1.29, 1.82) is 0 Å². The maximum Gasteiger partial charge on any atom is 0.264 e. The number of amides is 2. The molecule has 0 aliphatic carbocycles. The van der Waals surface area contributed by atoms with Gasteiger partial charge in [0.15, 0.2) is 0 Å². The molecule has 40 heavy (non-hydrogen) atoms. The van der Waals surface area contributed by atoms with E-state index >= 15 is 0 Å². The zero-order valence-electron chi connectivity index (χ0n) is 23.7. The lowest BCUT2D eigenvalue weighted by atomic mass is 10.1. The van der Waals surface area contributed by atoms with E-state index in [1.165, 1.54) is 17.0 Å². The van der Waals surface area contributed by atoms with E-state index < -0.39 is 28.5 Å². The summed E-state index contributed by atoms with van der Waals surface area (Å²) in [5.41, 5.74) is 2.79. The molecule has 0 fully saturated rings. The Bertz CT molecular complexity index is 1410. The summed E-state index contributed by atoms with van der Waals surface area (Å²) in [4.78, 5) is 28.9. The van der Waals surface area contributed by atoms with Gasteiger partial charge < -0.3 is 10.2 Å². The third-order valence-electron chi connectivity index (χ3n) is 6.91. The van der Waals surface area contributed by atoms with E-state index in [4.69, 9.17) is 11.6 Å². The first-order chi connectivity index (χ1) is 19.0. The zero-order chi connectivity index (χ0) is 29.4. The molecule has 2 amide bonds. The van der Waals surface area contributed by atoms with Gasteiger partial charge in [-0.25, -0.2) is 8.42 Å². The van der Waals surface area contributed by atoms with E-state index in [9.17, 15) is 18.0 Å². The summed E-state index contributed by atoms with van der Waals surface area (Å²) in [5.74, 6) is -0.769. The quantitative estimate of drug-likeness (QED) is 0.289. The van der Waals surface area contributed by atoms with Gasteiger partial charge in [0.2, 0.25) is 11.8 Å². The van der Waals surface area contributed by atoms with E-state index in [1.54, 1.807) is 30.3 Å². The highest BCUT2D eigenvalue weighted by molar-refractivity contribution is 7.92. The number of rotatable bonds is 12. The fraction of sp³-hybridized carbons (Fsp3) is 0.355. The Hall–Kier alpha value is -3.36. The minimum atomic E-state index is -4.15. The van der Waals surface area contributed by atoms with Crippen LogP contribution in [0.2, 0.25) is 5.02 Å². The molecule has 0 radical (unpaired) electrons. The molecule has 0 aliphatic heterocycles. The second-order valence-corrected chi connectivity index (χ2v) is 12.3. The number of halogens is 1. The van der Waals surface area contributed by atoms with Crippen LogP contribution in [0.3, 0.4) is 0 Å². The van der Waals surface area contributed by atoms with Crippen molar-refractivity contribution in [1.82, 2.24) is 10.2 Å². The van der Waals surface area contributed by atoms with Crippen LogP contribution >= 0.6 is 11.6 Å². The highest BCUT2D eigenvalue weighted by Crippen LogP contribution is 2.29. The number of hydrogen-bond donors (Lipinski definition) is 1. The molecule has 0 aromatic heterocycles. The van der Waals surface area contributed by atoms with E-state index in [2.05, 4.69) is 5.32 Å². The number of nitrogens with zero attached hydrogens (tertiary/aromatic N) is 2. The van der Waals surface area contributed by atoms with Gasteiger partial charge in [0.25, 0.3) is 10.0 Å². The number of aryl methyl sites for hydroxylation is 2. The molecule has 1 N–H and O–H groups in total. The number of benzene rings is 3. The van der Waals surface area contributed by atoms with Crippen molar-refractivity contribution in [3.8, 4) is 0 Å². The number of sulfonamides is 1. The smallest absolute Gasteiger partial charge is 0.264 e. The van der Waals surface area contributed by atoms with Crippen molar-refractivity contribution in [3.05, 3.63) is 94.5 Å². The summed E-state index contributed by atoms with van der Waals surface area (Å²) >= 11 is 6.39. The topological polar surface area (TPSA) is 86.8 Å². The Kier molecular flexibility index (Phi) is 10.8. The Morgan fingerprint density at radius 3 is 2.15 bits per heavy atom. The fourth-order valence-corrected chi connectivity index (χ4v) is 5.82. The molecular formula is C31H38ClN3O4S. The Balaban J connectivity index is 2.07. The number of carbonyl (C=O) groups excluding carboxylic acids is 2. The number of carbonyl (C=O) groups is 2. The predicted molar refractivity (Wildman–Crippen MR) is 161 cm³/mol. The second-order valence-electron chi connectivity index (χ2n) is 10.0. The standard InChI is InChI=1S/C31H38ClN3O4S/c1-6-24(5)33-31(37)29(7-2)34(20-25-11-9-8-10-12-25)30(36)21-35(26-16-15-23(4)28(32)19-26)40(38,39)27-17-13-22(3)14-18-27/h8-19,24,29H,6-7,20-21H2,1-5H3,(H,33,37)/t24-,29+/m1/s1. The van der Waals surface area contributed by atoms with Crippen LogP contribution in [0.25, 0.3) is 0 Å². The Morgan fingerprint density at radius 2 is 1.57 bits per heavy atom. The number of hydrogen-bond acceptors (Lipinski definition) is 4. The summed E-state index contributed by atoms with van der Waals surface area (Å²) < 4.78 is 29.0. The Morgan fingerprint density at radius 1 is 0.925 bits per heavy atom. The largest absolute Gasteiger partial charge is 0.352 e. The van der Waals surface area contributed by atoms with Crippen molar-refractivity contribution in [2.24, 2.45) is 0 Å². The molecule has 214 valence electrons. The molecule has 3 aromatic rings. The Labute approximate surface area is 243 Å². The third kappa shape index (κ3) is 7.64. The van der Waals surface area contributed by atoms with Gasteiger partial charge in [0.1, 0.15) is 12.6 Å². The molecule has 9 heteroatoms. The highest BCUT2D eigenvalue weighted by atomic mass is 35.5. The number of anilines is 1. The lowest BCUT2D eigenvalue weighted by molar-refractivity contribution is -0.140. The summed E-state index contributed by atoms with van der Waals surface area (Å²) in [6.45, 7) is 9.05. The summed E-state index contributed by atoms with van der Waals surface area (Å²) in [6.07, 6.45) is 1.10. The molecule has 0 unspecified atom stereocenters. The molecule has 3 aromatic carbocycles. The van der Waals surface area contributed by atoms with Crippen molar-refractivity contribution in [2.75, 3.05) is 10.8 Å². The average Bonchev–Trinajstić information content (AvgIpc) is 2.93. The highest BCUT2D eigenvalue weighted by Gasteiger charge is 2.34. The molecule has 7 nitrogen and oxygen atoms in total. The molecule has 3 rings (SSSR count). The molecule has 0 saturated heterocycles. The minimum absolute atomic E-state index is 0.0544. The normalized spacial score (nSPS) is 12.8. The lowest BCUT2D eigenvalue weighted by Gasteiger charge is -2.33. The van der Waals surface area contributed by atoms with Crippen molar-refractivity contribution >= 4 is 39.1 Å². The SMILES string of the molecule is CC[C@@H](C)NC(=O)[C@H](CC)N(Cc1ccccc1)C(=O)CN(c1ccc(C)c(Cl)c1)S(=O)(=O)c1ccc(C)cc1. The van der Waals surface area contributed by atoms with Gasteiger partial charge in [0, 0.05) is 17.6 Å². The van der Waals surface area contributed by atoms with Crippen LogP contribution in [0.5, 0.6) is 0 Å². The third-order valence-corrected chi connectivity index (χ3v) is 9.11. The van der Waals surface area contributed by atoms with E-state index in [0.717, 1.165) is 27.4 Å². The minimum Gasteiger partial charge on any atom is -0.352 e. The summed E-state index contributed by atoms with van der Waals surface area (Å²) in [5, 5.41) is 3.36. The first kappa shape index (κ1) is 31.2. The first-order valence-electron chi connectivity index (χ1n) is 13.5. The molecule has 0 saturated carbocycles. The van der Waals surface area contributed by atoms with Crippen LogP contribution in [-0.4, -0.2) is 43.8 Å². The summed E-state index contributed by atoms with van der Waals surface area (Å²) in [7, 11) is -4.15. The van der Waals surface area contributed by atoms with Gasteiger partial charge in [-0.3, -0.25) is 13.9 Å². The average molecular weight is 584 g/mol. The molecule has 0 heterocycles.